The SMILES string of the molecule is O=C(Nc1ccnc(Cl)c1)N1CCc2ccccc2C1. The molecule has 102 valence electrons. The van der Waals surface area contributed by atoms with Crippen molar-refractivity contribution in [1.82, 2.24) is 9.88 Å². The molecule has 0 atom stereocenters. The van der Waals surface area contributed by atoms with Crippen molar-refractivity contribution < 1.29 is 4.79 Å². The van der Waals surface area contributed by atoms with Crippen molar-refractivity contribution in [3.8, 4) is 0 Å². The number of pyridine rings is 1. The minimum absolute atomic E-state index is 0.109. The van der Waals surface area contributed by atoms with E-state index in [1.807, 2.05) is 12.1 Å². The zero-order valence-electron chi connectivity index (χ0n) is 10.8. The number of hydrogen-bond acceptors (Lipinski definition) is 2. The first-order valence-corrected chi connectivity index (χ1v) is 6.84. The molecule has 5 heteroatoms. The van der Waals surface area contributed by atoms with Crippen molar-refractivity contribution in [1.29, 1.82) is 0 Å². The van der Waals surface area contributed by atoms with Gasteiger partial charge in [-0.05, 0) is 29.7 Å². The summed E-state index contributed by atoms with van der Waals surface area (Å²) >= 11 is 5.81. The van der Waals surface area contributed by atoms with Gasteiger partial charge in [-0.15, -0.1) is 0 Å². The third kappa shape index (κ3) is 2.75. The maximum absolute atomic E-state index is 12.2. The van der Waals surface area contributed by atoms with E-state index in [4.69, 9.17) is 11.6 Å². The van der Waals surface area contributed by atoms with Crippen LogP contribution in [0.1, 0.15) is 11.1 Å². The summed E-state index contributed by atoms with van der Waals surface area (Å²) in [5, 5.41) is 3.21. The predicted octanol–water partition coefficient (Wildman–Crippen LogP) is 3.33. The summed E-state index contributed by atoms with van der Waals surface area (Å²) in [6, 6.07) is 11.5. The molecule has 2 amide bonds. The lowest BCUT2D eigenvalue weighted by atomic mass is 10.0. The third-order valence-corrected chi connectivity index (χ3v) is 3.60. The lowest BCUT2D eigenvalue weighted by Gasteiger charge is -2.28. The van der Waals surface area contributed by atoms with E-state index in [1.165, 1.54) is 11.1 Å². The van der Waals surface area contributed by atoms with Crippen LogP contribution in [0.15, 0.2) is 42.6 Å². The number of fused-ring (bicyclic) bond motifs is 1. The summed E-state index contributed by atoms with van der Waals surface area (Å²) in [6.07, 6.45) is 2.46. The van der Waals surface area contributed by atoms with Gasteiger partial charge in [-0.25, -0.2) is 9.78 Å². The number of halogens is 1. The van der Waals surface area contributed by atoms with Crippen molar-refractivity contribution in [2.45, 2.75) is 13.0 Å². The topological polar surface area (TPSA) is 45.2 Å². The van der Waals surface area contributed by atoms with Gasteiger partial charge in [0.15, 0.2) is 0 Å². The Bertz CT molecular complexity index is 645. The Morgan fingerprint density at radius 3 is 2.85 bits per heavy atom. The van der Waals surface area contributed by atoms with E-state index in [2.05, 4.69) is 22.4 Å². The second kappa shape index (κ2) is 5.51. The molecule has 1 aliphatic rings. The Morgan fingerprint density at radius 1 is 1.25 bits per heavy atom. The number of carbonyl (C=O) groups is 1. The van der Waals surface area contributed by atoms with Crippen molar-refractivity contribution in [2.75, 3.05) is 11.9 Å². The maximum Gasteiger partial charge on any atom is 0.322 e. The molecule has 0 fully saturated rings. The molecule has 1 aliphatic heterocycles. The highest BCUT2D eigenvalue weighted by Gasteiger charge is 2.20. The number of amides is 2. The van der Waals surface area contributed by atoms with Gasteiger partial charge in [0.2, 0.25) is 0 Å². The quantitative estimate of drug-likeness (QED) is 0.818. The van der Waals surface area contributed by atoms with E-state index in [0.29, 0.717) is 17.4 Å². The molecule has 0 bridgehead atoms. The fourth-order valence-corrected chi connectivity index (χ4v) is 2.53. The van der Waals surface area contributed by atoms with Gasteiger partial charge in [0.1, 0.15) is 5.15 Å². The molecule has 2 aromatic rings. The molecule has 1 N–H and O–H groups in total. The highest BCUT2D eigenvalue weighted by atomic mass is 35.5. The third-order valence-electron chi connectivity index (χ3n) is 3.40. The number of nitrogens with one attached hydrogen (secondary N) is 1. The fraction of sp³-hybridized carbons (Fsp3) is 0.200. The molecule has 0 saturated heterocycles. The predicted molar refractivity (Wildman–Crippen MR) is 78.8 cm³/mol. The summed E-state index contributed by atoms with van der Waals surface area (Å²) in [6.45, 7) is 1.36. The van der Waals surface area contributed by atoms with Crippen LogP contribution in [0.3, 0.4) is 0 Å². The summed E-state index contributed by atoms with van der Waals surface area (Å²) in [7, 11) is 0. The molecular formula is C15H14ClN3O. The van der Waals surface area contributed by atoms with Gasteiger partial charge in [0.05, 0.1) is 0 Å². The Balaban J connectivity index is 1.70. The van der Waals surface area contributed by atoms with E-state index in [9.17, 15) is 4.79 Å². The number of carbonyl (C=O) groups excluding carboxylic acids is 1. The Morgan fingerprint density at radius 2 is 2.05 bits per heavy atom. The van der Waals surface area contributed by atoms with Gasteiger partial charge in [-0.2, -0.15) is 0 Å². The zero-order valence-corrected chi connectivity index (χ0v) is 11.6. The lowest BCUT2D eigenvalue weighted by Crippen LogP contribution is -2.38. The highest BCUT2D eigenvalue weighted by Crippen LogP contribution is 2.20. The van der Waals surface area contributed by atoms with Gasteiger partial charge in [0.25, 0.3) is 0 Å². The summed E-state index contributed by atoms with van der Waals surface area (Å²) < 4.78 is 0. The average Bonchev–Trinajstić information content (AvgIpc) is 2.47. The minimum Gasteiger partial charge on any atom is -0.320 e. The zero-order chi connectivity index (χ0) is 13.9. The van der Waals surface area contributed by atoms with Crippen LogP contribution in [0.25, 0.3) is 0 Å². The molecule has 20 heavy (non-hydrogen) atoms. The monoisotopic (exact) mass is 287 g/mol. The van der Waals surface area contributed by atoms with Crippen molar-refractivity contribution in [3.63, 3.8) is 0 Å². The van der Waals surface area contributed by atoms with Crippen LogP contribution in [-0.4, -0.2) is 22.5 Å². The van der Waals surface area contributed by atoms with Gasteiger partial charge >= 0.3 is 6.03 Å². The average molecular weight is 288 g/mol. The van der Waals surface area contributed by atoms with Crippen LogP contribution in [0.2, 0.25) is 5.15 Å². The lowest BCUT2D eigenvalue weighted by molar-refractivity contribution is 0.206. The first kappa shape index (κ1) is 12.9. The molecule has 2 heterocycles. The highest BCUT2D eigenvalue weighted by molar-refractivity contribution is 6.29. The molecule has 0 radical (unpaired) electrons. The summed E-state index contributed by atoms with van der Waals surface area (Å²) in [4.78, 5) is 17.9. The van der Waals surface area contributed by atoms with Crippen LogP contribution in [0, 0.1) is 0 Å². The normalized spacial score (nSPS) is 13.8. The number of nitrogens with zero attached hydrogens (tertiary/aromatic N) is 2. The van der Waals surface area contributed by atoms with Gasteiger partial charge < -0.3 is 10.2 Å². The van der Waals surface area contributed by atoms with Crippen molar-refractivity contribution >= 4 is 23.3 Å². The van der Waals surface area contributed by atoms with Crippen LogP contribution in [0.5, 0.6) is 0 Å². The Hall–Kier alpha value is -2.07. The second-order valence-corrected chi connectivity index (χ2v) is 5.12. The second-order valence-electron chi connectivity index (χ2n) is 4.74. The summed E-state index contributed by atoms with van der Waals surface area (Å²) in [5.41, 5.74) is 3.19. The number of rotatable bonds is 1. The molecule has 0 saturated carbocycles. The first-order chi connectivity index (χ1) is 9.72. The number of hydrogen-bond donors (Lipinski definition) is 1. The molecule has 1 aromatic heterocycles. The van der Waals surface area contributed by atoms with Gasteiger partial charge in [-0.1, -0.05) is 35.9 Å². The van der Waals surface area contributed by atoms with Crippen LogP contribution in [-0.2, 0) is 13.0 Å². The molecule has 0 unspecified atom stereocenters. The standard InChI is InChI=1S/C15H14ClN3O/c16-14-9-13(5-7-17-14)18-15(20)19-8-6-11-3-1-2-4-12(11)10-19/h1-5,7,9H,6,8,10H2,(H,17,18,20). The van der Waals surface area contributed by atoms with E-state index in [0.717, 1.165) is 13.0 Å². The number of anilines is 1. The molecule has 4 nitrogen and oxygen atoms in total. The van der Waals surface area contributed by atoms with E-state index in [1.54, 1.807) is 23.2 Å². The van der Waals surface area contributed by atoms with E-state index in [-0.39, 0.29) is 6.03 Å². The smallest absolute Gasteiger partial charge is 0.320 e. The molecule has 1 aromatic carbocycles. The van der Waals surface area contributed by atoms with Gasteiger partial charge in [0, 0.05) is 25.0 Å². The number of urea groups is 1. The molecular weight excluding hydrogens is 274 g/mol. The van der Waals surface area contributed by atoms with Crippen LogP contribution < -0.4 is 5.32 Å². The first-order valence-electron chi connectivity index (χ1n) is 6.46. The fourth-order valence-electron chi connectivity index (χ4n) is 2.35. The van der Waals surface area contributed by atoms with E-state index >= 15 is 0 Å². The van der Waals surface area contributed by atoms with Crippen molar-refractivity contribution in [3.05, 3.63) is 58.9 Å². The summed E-state index contributed by atoms with van der Waals surface area (Å²) in [5.74, 6) is 0. The minimum atomic E-state index is -0.109. The van der Waals surface area contributed by atoms with Gasteiger partial charge in [-0.3, -0.25) is 0 Å². The molecule has 0 spiro atoms. The molecule has 0 aliphatic carbocycles. The Labute approximate surface area is 122 Å². The van der Waals surface area contributed by atoms with Crippen LogP contribution >= 0.6 is 11.6 Å². The molecule has 3 rings (SSSR count). The maximum atomic E-state index is 12.2. The van der Waals surface area contributed by atoms with Crippen LogP contribution in [0.4, 0.5) is 10.5 Å². The van der Waals surface area contributed by atoms with Crippen molar-refractivity contribution in [2.24, 2.45) is 0 Å². The van der Waals surface area contributed by atoms with E-state index < -0.39 is 0 Å². The number of benzene rings is 1. The largest absolute Gasteiger partial charge is 0.322 e. The number of aromatic nitrogens is 1. The Kier molecular flexibility index (Phi) is 3.56.